The van der Waals surface area contributed by atoms with Gasteiger partial charge in [-0.3, -0.25) is 14.7 Å². The van der Waals surface area contributed by atoms with E-state index in [1.807, 2.05) is 5.01 Å². The molecule has 1 aromatic carbocycles. The van der Waals surface area contributed by atoms with E-state index in [1.54, 1.807) is 11.0 Å². The summed E-state index contributed by atoms with van der Waals surface area (Å²) in [5.74, 6) is -0.743. The Labute approximate surface area is 203 Å². The van der Waals surface area contributed by atoms with E-state index in [-0.39, 0.29) is 11.7 Å². The van der Waals surface area contributed by atoms with Crippen molar-refractivity contribution in [2.75, 3.05) is 39.3 Å². The summed E-state index contributed by atoms with van der Waals surface area (Å²) >= 11 is 1.27. The summed E-state index contributed by atoms with van der Waals surface area (Å²) < 4.78 is 19.7. The molecule has 4 aliphatic heterocycles. The van der Waals surface area contributed by atoms with Crippen molar-refractivity contribution in [1.29, 1.82) is 0 Å². The number of halogens is 1. The molecule has 182 valence electrons. The maximum absolute atomic E-state index is 14.0. The number of hydrogen-bond donors (Lipinski definition) is 1. The number of ether oxygens (including phenoxy) is 1. The molecule has 1 N–H and O–H groups in total. The Hall–Kier alpha value is -2.43. The lowest BCUT2D eigenvalue weighted by atomic mass is 10.1. The summed E-state index contributed by atoms with van der Waals surface area (Å²) in [7, 11) is 0. The molecule has 4 heterocycles. The SMILES string of the molecule is O=C1N=C(N2CCCCN2)S/C1=C\c1ccc(F)cc1OC(=O)N1CCC(N2CCCCC2)C1. The van der Waals surface area contributed by atoms with E-state index in [2.05, 4.69) is 15.3 Å². The second-order valence-electron chi connectivity index (χ2n) is 9.11. The molecule has 1 unspecified atom stereocenters. The molecule has 5 rings (SSSR count). The van der Waals surface area contributed by atoms with Crippen molar-refractivity contribution in [3.63, 3.8) is 0 Å². The molecule has 1 aromatic rings. The summed E-state index contributed by atoms with van der Waals surface area (Å²) in [6, 6.07) is 4.37. The number of rotatable bonds is 3. The second kappa shape index (κ2) is 10.5. The maximum Gasteiger partial charge on any atom is 0.415 e. The highest BCUT2D eigenvalue weighted by Crippen LogP contribution is 2.33. The number of nitrogens with one attached hydrogen (secondary N) is 1. The molecule has 0 spiro atoms. The van der Waals surface area contributed by atoms with E-state index in [1.165, 1.54) is 49.2 Å². The zero-order chi connectivity index (χ0) is 23.5. The van der Waals surface area contributed by atoms with Crippen molar-refractivity contribution in [3.05, 3.63) is 34.5 Å². The fourth-order valence-corrected chi connectivity index (χ4v) is 5.78. The van der Waals surface area contributed by atoms with Crippen LogP contribution in [0.25, 0.3) is 6.08 Å². The molecule has 1 atom stereocenters. The first kappa shape index (κ1) is 23.3. The minimum absolute atomic E-state index is 0.108. The van der Waals surface area contributed by atoms with Crippen molar-refractivity contribution in [2.45, 2.75) is 44.6 Å². The van der Waals surface area contributed by atoms with Gasteiger partial charge < -0.3 is 9.64 Å². The van der Waals surface area contributed by atoms with Crippen LogP contribution in [0.3, 0.4) is 0 Å². The number of amides is 2. The van der Waals surface area contributed by atoms with Gasteiger partial charge in [-0.1, -0.05) is 6.42 Å². The molecular formula is C24H30FN5O3S. The Morgan fingerprint density at radius 1 is 1.15 bits per heavy atom. The molecule has 2 amide bonds. The average Bonchev–Trinajstić information content (AvgIpc) is 3.49. The van der Waals surface area contributed by atoms with Gasteiger partial charge in [0.1, 0.15) is 11.6 Å². The minimum atomic E-state index is -0.502. The van der Waals surface area contributed by atoms with Crippen LogP contribution in [0.4, 0.5) is 9.18 Å². The van der Waals surface area contributed by atoms with Gasteiger partial charge in [0.15, 0.2) is 5.17 Å². The monoisotopic (exact) mass is 487 g/mol. The van der Waals surface area contributed by atoms with Gasteiger partial charge in [-0.25, -0.2) is 14.6 Å². The molecule has 0 aromatic heterocycles. The van der Waals surface area contributed by atoms with Crippen LogP contribution in [-0.4, -0.2) is 77.3 Å². The van der Waals surface area contributed by atoms with Crippen LogP contribution in [0.1, 0.15) is 44.1 Å². The highest BCUT2D eigenvalue weighted by molar-refractivity contribution is 8.18. The summed E-state index contributed by atoms with van der Waals surface area (Å²) in [6.45, 7) is 5.05. The van der Waals surface area contributed by atoms with E-state index < -0.39 is 11.9 Å². The highest BCUT2D eigenvalue weighted by Gasteiger charge is 2.32. The smallest absolute Gasteiger partial charge is 0.409 e. The van der Waals surface area contributed by atoms with Crippen LogP contribution >= 0.6 is 11.8 Å². The van der Waals surface area contributed by atoms with E-state index in [4.69, 9.17) is 4.74 Å². The lowest BCUT2D eigenvalue weighted by Gasteiger charge is -2.32. The Bertz CT molecular complexity index is 1000. The fraction of sp³-hybridized carbons (Fsp3) is 0.542. The van der Waals surface area contributed by atoms with Crippen LogP contribution in [0.2, 0.25) is 0 Å². The number of carbonyl (C=O) groups is 2. The van der Waals surface area contributed by atoms with Crippen molar-refractivity contribution in [2.24, 2.45) is 4.99 Å². The van der Waals surface area contributed by atoms with E-state index in [0.717, 1.165) is 45.4 Å². The average molecular weight is 488 g/mol. The molecule has 10 heteroatoms. The molecule has 0 radical (unpaired) electrons. The fourth-order valence-electron chi connectivity index (χ4n) is 4.87. The molecule has 3 saturated heterocycles. The van der Waals surface area contributed by atoms with Gasteiger partial charge in [0.25, 0.3) is 5.91 Å². The third kappa shape index (κ3) is 5.29. The number of hydrogen-bond acceptors (Lipinski definition) is 7. The number of likely N-dealkylation sites (tertiary alicyclic amines) is 2. The topological polar surface area (TPSA) is 77.5 Å². The summed E-state index contributed by atoms with van der Waals surface area (Å²) in [5.41, 5.74) is 3.72. The second-order valence-corrected chi connectivity index (χ2v) is 10.1. The predicted molar refractivity (Wildman–Crippen MR) is 130 cm³/mol. The van der Waals surface area contributed by atoms with Gasteiger partial charge in [0, 0.05) is 43.9 Å². The van der Waals surface area contributed by atoms with Crippen molar-refractivity contribution in [3.8, 4) is 5.75 Å². The van der Waals surface area contributed by atoms with E-state index in [9.17, 15) is 14.0 Å². The van der Waals surface area contributed by atoms with E-state index >= 15 is 0 Å². The molecule has 8 nitrogen and oxygen atoms in total. The van der Waals surface area contributed by atoms with Crippen LogP contribution < -0.4 is 10.2 Å². The number of piperidine rings is 1. The zero-order valence-corrected chi connectivity index (χ0v) is 20.0. The van der Waals surface area contributed by atoms with Gasteiger partial charge in [-0.05, 0) is 75.2 Å². The Kier molecular flexibility index (Phi) is 7.17. The first-order chi connectivity index (χ1) is 16.6. The Balaban J connectivity index is 1.26. The van der Waals surface area contributed by atoms with Crippen molar-refractivity contribution in [1.82, 2.24) is 20.2 Å². The molecule has 3 fully saturated rings. The van der Waals surface area contributed by atoms with Gasteiger partial charge in [0.05, 0.1) is 4.91 Å². The van der Waals surface area contributed by atoms with Crippen LogP contribution in [0.5, 0.6) is 5.75 Å². The van der Waals surface area contributed by atoms with Crippen molar-refractivity contribution < 1.29 is 18.7 Å². The maximum atomic E-state index is 14.0. The largest absolute Gasteiger partial charge is 0.415 e. The normalized spacial score (nSPS) is 25.2. The zero-order valence-electron chi connectivity index (χ0n) is 19.2. The summed E-state index contributed by atoms with van der Waals surface area (Å²) in [5, 5.41) is 2.50. The van der Waals surface area contributed by atoms with Gasteiger partial charge in [-0.2, -0.15) is 4.99 Å². The molecule has 0 bridgehead atoms. The minimum Gasteiger partial charge on any atom is -0.409 e. The number of amidine groups is 1. The van der Waals surface area contributed by atoms with Crippen LogP contribution in [0, 0.1) is 5.82 Å². The van der Waals surface area contributed by atoms with E-state index in [0.29, 0.717) is 34.8 Å². The van der Waals surface area contributed by atoms with Gasteiger partial charge >= 0.3 is 6.09 Å². The number of nitrogens with zero attached hydrogens (tertiary/aromatic N) is 4. The quantitative estimate of drug-likeness (QED) is 0.655. The number of carbonyl (C=O) groups excluding carboxylic acids is 2. The molecule has 0 saturated carbocycles. The van der Waals surface area contributed by atoms with Crippen molar-refractivity contribution >= 4 is 35.0 Å². The third-order valence-corrected chi connectivity index (χ3v) is 7.75. The van der Waals surface area contributed by atoms with Gasteiger partial charge in [0.2, 0.25) is 0 Å². The number of benzene rings is 1. The molecule has 0 aliphatic carbocycles. The molecular weight excluding hydrogens is 457 g/mol. The lowest BCUT2D eigenvalue weighted by molar-refractivity contribution is -0.113. The number of thioether (sulfide) groups is 1. The predicted octanol–water partition coefficient (Wildman–Crippen LogP) is 3.46. The summed E-state index contributed by atoms with van der Waals surface area (Å²) in [4.78, 5) is 34.1. The highest BCUT2D eigenvalue weighted by atomic mass is 32.2. The Morgan fingerprint density at radius 2 is 1.97 bits per heavy atom. The standard InChI is InChI=1S/C24H30FN5O3S/c25-18-7-6-17(14-21-22(31)27-23(34-21)30-12-5-2-9-26-30)20(15-18)33-24(32)29-13-8-19(16-29)28-10-3-1-4-11-28/h6-7,14-15,19,26H,1-5,8-13,16H2/b21-14-. The van der Waals surface area contributed by atoms with Crippen LogP contribution in [0.15, 0.2) is 28.1 Å². The number of hydrazine groups is 1. The molecule has 34 heavy (non-hydrogen) atoms. The lowest BCUT2D eigenvalue weighted by Crippen LogP contribution is -2.45. The first-order valence-electron chi connectivity index (χ1n) is 12.1. The van der Waals surface area contributed by atoms with Crippen LogP contribution in [-0.2, 0) is 4.79 Å². The third-order valence-electron chi connectivity index (χ3n) is 6.74. The number of aliphatic imine (C=N–C) groups is 1. The van der Waals surface area contributed by atoms with Gasteiger partial charge in [-0.15, -0.1) is 0 Å². The first-order valence-corrected chi connectivity index (χ1v) is 12.9. The molecule has 4 aliphatic rings. The Morgan fingerprint density at radius 3 is 2.76 bits per heavy atom. The summed E-state index contributed by atoms with van der Waals surface area (Å²) in [6.07, 6.45) is 7.87.